The molecule has 146 valence electrons. The van der Waals surface area contributed by atoms with E-state index in [-0.39, 0.29) is 18.6 Å². The van der Waals surface area contributed by atoms with Gasteiger partial charge in [-0.15, -0.1) is 0 Å². The highest BCUT2D eigenvalue weighted by atomic mass is 35.5. The van der Waals surface area contributed by atoms with Gasteiger partial charge in [0.25, 0.3) is 5.56 Å². The Bertz CT molecular complexity index is 1290. The molecule has 0 radical (unpaired) electrons. The van der Waals surface area contributed by atoms with Gasteiger partial charge in [-0.2, -0.15) is 0 Å². The molecule has 0 aliphatic carbocycles. The normalized spacial score (nSPS) is 11.0. The van der Waals surface area contributed by atoms with E-state index < -0.39 is 11.2 Å². The maximum absolute atomic E-state index is 13.3. The lowest BCUT2D eigenvalue weighted by molar-refractivity contribution is 0.414. The van der Waals surface area contributed by atoms with Crippen LogP contribution in [0, 0.1) is 0 Å². The summed E-state index contributed by atoms with van der Waals surface area (Å²) in [6.07, 6.45) is 1.55. The van der Waals surface area contributed by atoms with E-state index in [2.05, 4.69) is 4.98 Å². The zero-order valence-electron chi connectivity index (χ0n) is 15.7. The minimum atomic E-state index is -0.413. The van der Waals surface area contributed by atoms with Crippen molar-refractivity contribution in [3.8, 4) is 5.75 Å². The number of benzene rings is 2. The molecular formula is C22H18ClN3O3. The average molecular weight is 408 g/mol. The third-order valence-corrected chi connectivity index (χ3v) is 4.95. The number of aromatic nitrogens is 3. The van der Waals surface area contributed by atoms with Crippen molar-refractivity contribution in [2.45, 2.75) is 13.1 Å². The number of nitrogens with zero attached hydrogens (tertiary/aromatic N) is 3. The summed E-state index contributed by atoms with van der Waals surface area (Å²) in [6.45, 7) is 0.425. The molecule has 4 aromatic rings. The summed E-state index contributed by atoms with van der Waals surface area (Å²) in [5.74, 6) is 0.708. The number of rotatable bonds is 5. The van der Waals surface area contributed by atoms with Gasteiger partial charge in [0.15, 0.2) is 5.52 Å². The molecule has 2 heterocycles. The maximum atomic E-state index is 13.3. The topological polar surface area (TPSA) is 66.1 Å². The molecule has 2 aromatic heterocycles. The minimum absolute atomic E-state index is 0.143. The summed E-state index contributed by atoms with van der Waals surface area (Å²) in [5, 5.41) is 0.588. The first kappa shape index (κ1) is 19.0. The lowest BCUT2D eigenvalue weighted by atomic mass is 10.2. The number of hydrogen-bond acceptors (Lipinski definition) is 4. The van der Waals surface area contributed by atoms with Crippen LogP contribution in [0.25, 0.3) is 11.0 Å². The zero-order chi connectivity index (χ0) is 20.4. The van der Waals surface area contributed by atoms with Crippen LogP contribution >= 0.6 is 11.6 Å². The Morgan fingerprint density at radius 2 is 1.69 bits per heavy atom. The van der Waals surface area contributed by atoms with Crippen LogP contribution in [0.2, 0.25) is 5.02 Å². The summed E-state index contributed by atoms with van der Waals surface area (Å²) < 4.78 is 7.93. The monoisotopic (exact) mass is 407 g/mol. The molecule has 0 N–H and O–H groups in total. The van der Waals surface area contributed by atoms with Crippen LogP contribution in [0.4, 0.5) is 0 Å². The van der Waals surface area contributed by atoms with Crippen LogP contribution in [-0.4, -0.2) is 21.2 Å². The third kappa shape index (κ3) is 3.79. The summed E-state index contributed by atoms with van der Waals surface area (Å²) in [4.78, 5) is 30.5. The molecule has 0 unspecified atom stereocenters. The zero-order valence-corrected chi connectivity index (χ0v) is 16.5. The molecule has 0 atom stereocenters. The van der Waals surface area contributed by atoms with E-state index >= 15 is 0 Å². The molecule has 0 aliphatic heterocycles. The van der Waals surface area contributed by atoms with Crippen molar-refractivity contribution in [3.05, 3.63) is 104 Å². The lowest BCUT2D eigenvalue weighted by Gasteiger charge is -2.14. The van der Waals surface area contributed by atoms with Crippen LogP contribution < -0.4 is 16.0 Å². The van der Waals surface area contributed by atoms with Crippen LogP contribution in [0.3, 0.4) is 0 Å². The van der Waals surface area contributed by atoms with E-state index in [0.29, 0.717) is 16.3 Å². The highest BCUT2D eigenvalue weighted by Gasteiger charge is 2.15. The molecule has 6 nitrogen and oxygen atoms in total. The fourth-order valence-electron chi connectivity index (χ4n) is 3.27. The van der Waals surface area contributed by atoms with Crippen molar-refractivity contribution in [2.75, 3.05) is 7.11 Å². The Balaban J connectivity index is 1.86. The number of hydrogen-bond donors (Lipinski definition) is 0. The van der Waals surface area contributed by atoms with Crippen LogP contribution in [0.5, 0.6) is 5.75 Å². The molecule has 0 aliphatic rings. The molecule has 0 bridgehead atoms. The Hall–Kier alpha value is -3.38. The molecule has 2 aromatic carbocycles. The number of fused-ring (bicyclic) bond motifs is 1. The van der Waals surface area contributed by atoms with E-state index in [4.69, 9.17) is 16.3 Å². The highest BCUT2D eigenvalue weighted by molar-refractivity contribution is 6.30. The van der Waals surface area contributed by atoms with Gasteiger partial charge in [-0.05, 0) is 47.5 Å². The Labute approximate surface area is 171 Å². The molecule has 0 fully saturated rings. The number of pyridine rings is 1. The molecular weight excluding hydrogens is 390 g/mol. The average Bonchev–Trinajstić information content (AvgIpc) is 2.75. The summed E-state index contributed by atoms with van der Waals surface area (Å²) in [6, 6.07) is 18.0. The standard InChI is InChI=1S/C22H18ClN3O3/c1-29-18-9-7-15(8-10-18)13-26-21(27)20-19(6-3-11-24-20)25(22(26)28)14-16-4-2-5-17(23)12-16/h2-12H,13-14H2,1H3. The van der Waals surface area contributed by atoms with Crippen molar-refractivity contribution in [2.24, 2.45) is 0 Å². The largest absolute Gasteiger partial charge is 0.497 e. The van der Waals surface area contributed by atoms with Crippen molar-refractivity contribution >= 4 is 22.6 Å². The number of halogens is 1. The predicted molar refractivity (Wildman–Crippen MR) is 113 cm³/mol. The van der Waals surface area contributed by atoms with Crippen LogP contribution in [0.15, 0.2) is 76.4 Å². The SMILES string of the molecule is COc1ccc(Cn2c(=O)c3ncccc3n(Cc3cccc(Cl)c3)c2=O)cc1. The van der Waals surface area contributed by atoms with Crippen molar-refractivity contribution in [1.82, 2.24) is 14.1 Å². The Morgan fingerprint density at radius 3 is 2.41 bits per heavy atom. The molecule has 0 amide bonds. The quantitative estimate of drug-likeness (QED) is 0.509. The van der Waals surface area contributed by atoms with Gasteiger partial charge in [-0.25, -0.2) is 9.78 Å². The van der Waals surface area contributed by atoms with Gasteiger partial charge in [0, 0.05) is 11.2 Å². The summed E-state index contributed by atoms with van der Waals surface area (Å²) in [7, 11) is 1.59. The third-order valence-electron chi connectivity index (χ3n) is 4.72. The van der Waals surface area contributed by atoms with Gasteiger partial charge in [0.05, 0.1) is 25.7 Å². The molecule has 29 heavy (non-hydrogen) atoms. The van der Waals surface area contributed by atoms with Gasteiger partial charge >= 0.3 is 5.69 Å². The molecule has 0 saturated heterocycles. The smallest absolute Gasteiger partial charge is 0.332 e. The van der Waals surface area contributed by atoms with E-state index in [1.165, 1.54) is 4.57 Å². The van der Waals surface area contributed by atoms with Gasteiger partial charge in [0.1, 0.15) is 5.75 Å². The number of methoxy groups -OCH3 is 1. The minimum Gasteiger partial charge on any atom is -0.497 e. The molecule has 0 spiro atoms. The van der Waals surface area contributed by atoms with E-state index in [0.717, 1.165) is 11.1 Å². The molecule has 0 saturated carbocycles. The van der Waals surface area contributed by atoms with E-state index in [9.17, 15) is 9.59 Å². The Kier molecular flexibility index (Phi) is 5.18. The first-order chi connectivity index (χ1) is 14.1. The highest BCUT2D eigenvalue weighted by Crippen LogP contribution is 2.14. The van der Waals surface area contributed by atoms with Gasteiger partial charge in [-0.1, -0.05) is 35.9 Å². The van der Waals surface area contributed by atoms with Gasteiger partial charge in [-0.3, -0.25) is 13.9 Å². The van der Waals surface area contributed by atoms with Crippen molar-refractivity contribution < 1.29 is 4.74 Å². The van der Waals surface area contributed by atoms with Crippen molar-refractivity contribution in [3.63, 3.8) is 0 Å². The van der Waals surface area contributed by atoms with Crippen LogP contribution in [0.1, 0.15) is 11.1 Å². The summed E-state index contributed by atoms with van der Waals surface area (Å²) >= 11 is 6.09. The second kappa shape index (κ2) is 7.93. The van der Waals surface area contributed by atoms with E-state index in [1.54, 1.807) is 54.3 Å². The second-order valence-electron chi connectivity index (χ2n) is 6.61. The van der Waals surface area contributed by atoms with Crippen molar-refractivity contribution in [1.29, 1.82) is 0 Å². The van der Waals surface area contributed by atoms with Gasteiger partial charge in [0.2, 0.25) is 0 Å². The Morgan fingerprint density at radius 1 is 0.931 bits per heavy atom. The molecule has 7 heteroatoms. The first-order valence-electron chi connectivity index (χ1n) is 9.02. The van der Waals surface area contributed by atoms with E-state index in [1.807, 2.05) is 24.3 Å². The van der Waals surface area contributed by atoms with Crippen LogP contribution in [-0.2, 0) is 13.1 Å². The predicted octanol–water partition coefficient (Wildman–Crippen LogP) is 3.32. The maximum Gasteiger partial charge on any atom is 0.332 e. The molecule has 4 rings (SSSR count). The summed E-state index contributed by atoms with van der Waals surface area (Å²) in [5.41, 5.74) is 1.61. The number of ether oxygens (including phenoxy) is 1. The first-order valence-corrected chi connectivity index (χ1v) is 9.40. The fraction of sp³-hybridized carbons (Fsp3) is 0.136. The fourth-order valence-corrected chi connectivity index (χ4v) is 3.48. The van der Waals surface area contributed by atoms with Gasteiger partial charge < -0.3 is 4.74 Å². The second-order valence-corrected chi connectivity index (χ2v) is 7.05. The lowest BCUT2D eigenvalue weighted by Crippen LogP contribution is -2.40.